The highest BCUT2D eigenvalue weighted by molar-refractivity contribution is 9.09. The van der Waals surface area contributed by atoms with Gasteiger partial charge in [0.05, 0.1) is 0 Å². The van der Waals surface area contributed by atoms with Crippen LogP contribution in [0.1, 0.15) is 31.7 Å². The van der Waals surface area contributed by atoms with E-state index in [1.807, 2.05) is 0 Å². The second-order valence-electron chi connectivity index (χ2n) is 4.54. The molecule has 0 amide bonds. The van der Waals surface area contributed by atoms with Crippen LogP contribution in [-0.4, -0.2) is 4.83 Å². The maximum absolute atomic E-state index is 3.70. The van der Waals surface area contributed by atoms with Crippen molar-refractivity contribution in [1.29, 1.82) is 0 Å². The average molecular weight is 291 g/mol. The van der Waals surface area contributed by atoms with E-state index in [2.05, 4.69) is 65.3 Å². The van der Waals surface area contributed by atoms with E-state index in [-0.39, 0.29) is 0 Å². The summed E-state index contributed by atoms with van der Waals surface area (Å²) in [6, 6.07) is 15.3. The molecular formula is C16H19Br. The Morgan fingerprint density at radius 3 is 2.65 bits per heavy atom. The molecule has 2 rings (SSSR count). The predicted octanol–water partition coefficient (Wildman–Crippen LogP) is 5.34. The van der Waals surface area contributed by atoms with E-state index in [9.17, 15) is 0 Å². The Bertz CT molecular complexity index is 470. The minimum atomic E-state index is 0.678. The van der Waals surface area contributed by atoms with Gasteiger partial charge < -0.3 is 0 Å². The van der Waals surface area contributed by atoms with E-state index < -0.39 is 0 Å². The van der Waals surface area contributed by atoms with Gasteiger partial charge in [-0.1, -0.05) is 65.3 Å². The molecule has 0 heterocycles. The molecule has 1 unspecified atom stereocenters. The number of fused-ring (bicyclic) bond motifs is 1. The molecule has 0 saturated heterocycles. The fourth-order valence-electron chi connectivity index (χ4n) is 2.23. The van der Waals surface area contributed by atoms with Gasteiger partial charge in [0.2, 0.25) is 0 Å². The van der Waals surface area contributed by atoms with Gasteiger partial charge in [0.1, 0.15) is 0 Å². The van der Waals surface area contributed by atoms with E-state index in [4.69, 9.17) is 0 Å². The lowest BCUT2D eigenvalue weighted by molar-refractivity contribution is 0.691. The molecule has 0 bridgehead atoms. The Morgan fingerprint density at radius 1 is 1.06 bits per heavy atom. The standard InChI is InChI=1S/C16H19Br/c1-2-15(17)11-6-10-14-9-5-8-13-7-3-4-12-16(13)14/h3-5,7-9,12,15H,2,6,10-11H2,1H3. The molecule has 17 heavy (non-hydrogen) atoms. The summed E-state index contributed by atoms with van der Waals surface area (Å²) in [6.07, 6.45) is 4.93. The molecule has 0 spiro atoms. The fraction of sp³-hybridized carbons (Fsp3) is 0.375. The van der Waals surface area contributed by atoms with E-state index in [0.717, 1.165) is 0 Å². The largest absolute Gasteiger partial charge is 0.0891 e. The lowest BCUT2D eigenvalue weighted by atomic mass is 9.99. The molecule has 0 radical (unpaired) electrons. The molecule has 0 nitrogen and oxygen atoms in total. The molecule has 2 aromatic rings. The molecule has 1 atom stereocenters. The molecular weight excluding hydrogens is 272 g/mol. The summed E-state index contributed by atoms with van der Waals surface area (Å²) in [6.45, 7) is 2.23. The van der Waals surface area contributed by atoms with Crippen LogP contribution in [0.5, 0.6) is 0 Å². The number of hydrogen-bond donors (Lipinski definition) is 0. The van der Waals surface area contributed by atoms with Crippen LogP contribution in [0.2, 0.25) is 0 Å². The molecule has 0 saturated carbocycles. The van der Waals surface area contributed by atoms with Gasteiger partial charge in [0, 0.05) is 4.83 Å². The quantitative estimate of drug-likeness (QED) is 0.653. The lowest BCUT2D eigenvalue weighted by Gasteiger charge is -2.08. The van der Waals surface area contributed by atoms with Crippen LogP contribution >= 0.6 is 15.9 Å². The average Bonchev–Trinajstić information content (AvgIpc) is 2.39. The monoisotopic (exact) mass is 290 g/mol. The van der Waals surface area contributed by atoms with Gasteiger partial charge in [-0.3, -0.25) is 0 Å². The van der Waals surface area contributed by atoms with Crippen molar-refractivity contribution in [3.8, 4) is 0 Å². The summed E-state index contributed by atoms with van der Waals surface area (Å²) in [5.74, 6) is 0. The molecule has 0 aliphatic heterocycles. The maximum Gasteiger partial charge on any atom is 0.0143 e. The number of hydrogen-bond acceptors (Lipinski definition) is 0. The van der Waals surface area contributed by atoms with Crippen molar-refractivity contribution in [3.05, 3.63) is 48.0 Å². The SMILES string of the molecule is CCC(Br)CCCc1cccc2ccccc12. The lowest BCUT2D eigenvalue weighted by Crippen LogP contribution is -1.96. The summed E-state index contributed by atoms with van der Waals surface area (Å²) in [5, 5.41) is 2.77. The Hall–Kier alpha value is -0.820. The minimum Gasteiger partial charge on any atom is -0.0891 e. The first-order valence-corrected chi connectivity index (χ1v) is 7.33. The van der Waals surface area contributed by atoms with E-state index in [1.165, 1.54) is 42.0 Å². The summed E-state index contributed by atoms with van der Waals surface area (Å²) in [4.78, 5) is 0.678. The van der Waals surface area contributed by atoms with Gasteiger partial charge in [0.15, 0.2) is 0 Å². The van der Waals surface area contributed by atoms with Gasteiger partial charge >= 0.3 is 0 Å². The summed E-state index contributed by atoms with van der Waals surface area (Å²) in [7, 11) is 0. The van der Waals surface area contributed by atoms with Crippen molar-refractivity contribution >= 4 is 26.7 Å². The molecule has 90 valence electrons. The van der Waals surface area contributed by atoms with Crippen LogP contribution in [0, 0.1) is 0 Å². The second-order valence-corrected chi connectivity index (χ2v) is 5.83. The van der Waals surface area contributed by atoms with Crippen molar-refractivity contribution in [1.82, 2.24) is 0 Å². The normalized spacial score (nSPS) is 12.8. The van der Waals surface area contributed by atoms with Crippen molar-refractivity contribution in [2.45, 2.75) is 37.4 Å². The highest BCUT2D eigenvalue weighted by atomic mass is 79.9. The van der Waals surface area contributed by atoms with Crippen LogP contribution in [0.4, 0.5) is 0 Å². The molecule has 0 fully saturated rings. The molecule has 0 N–H and O–H groups in total. The first-order valence-electron chi connectivity index (χ1n) is 6.42. The van der Waals surface area contributed by atoms with Crippen molar-refractivity contribution < 1.29 is 0 Å². The van der Waals surface area contributed by atoms with Crippen LogP contribution in [0.15, 0.2) is 42.5 Å². The van der Waals surface area contributed by atoms with Crippen LogP contribution in [-0.2, 0) is 6.42 Å². The number of alkyl halides is 1. The topological polar surface area (TPSA) is 0 Å². The highest BCUT2D eigenvalue weighted by Gasteiger charge is 2.03. The number of rotatable bonds is 5. The van der Waals surface area contributed by atoms with E-state index >= 15 is 0 Å². The van der Waals surface area contributed by atoms with Gasteiger partial charge in [-0.25, -0.2) is 0 Å². The van der Waals surface area contributed by atoms with Crippen molar-refractivity contribution in [2.24, 2.45) is 0 Å². The third-order valence-electron chi connectivity index (χ3n) is 3.29. The third kappa shape index (κ3) is 3.32. The molecule has 0 aliphatic rings. The maximum atomic E-state index is 3.70. The Balaban J connectivity index is 2.08. The van der Waals surface area contributed by atoms with E-state index in [0.29, 0.717) is 4.83 Å². The zero-order valence-electron chi connectivity index (χ0n) is 10.3. The van der Waals surface area contributed by atoms with Gasteiger partial charge in [0.25, 0.3) is 0 Å². The third-order valence-corrected chi connectivity index (χ3v) is 4.39. The van der Waals surface area contributed by atoms with Gasteiger partial charge in [-0.15, -0.1) is 0 Å². The number of aryl methyl sites for hydroxylation is 1. The summed E-state index contributed by atoms with van der Waals surface area (Å²) >= 11 is 3.70. The summed E-state index contributed by atoms with van der Waals surface area (Å²) in [5.41, 5.74) is 1.49. The zero-order valence-corrected chi connectivity index (χ0v) is 11.9. The van der Waals surface area contributed by atoms with Crippen LogP contribution in [0.25, 0.3) is 10.8 Å². The molecule has 1 heteroatoms. The number of benzene rings is 2. The van der Waals surface area contributed by atoms with Crippen LogP contribution in [0.3, 0.4) is 0 Å². The summed E-state index contributed by atoms with van der Waals surface area (Å²) < 4.78 is 0. The van der Waals surface area contributed by atoms with Crippen molar-refractivity contribution in [3.63, 3.8) is 0 Å². The van der Waals surface area contributed by atoms with E-state index in [1.54, 1.807) is 0 Å². The Kier molecular flexibility index (Phi) is 4.61. The highest BCUT2D eigenvalue weighted by Crippen LogP contribution is 2.21. The first-order chi connectivity index (χ1) is 8.31. The fourth-order valence-corrected chi connectivity index (χ4v) is 2.55. The minimum absolute atomic E-state index is 0.678. The first kappa shape index (κ1) is 12.6. The Morgan fingerprint density at radius 2 is 1.82 bits per heavy atom. The Labute approximate surface area is 112 Å². The van der Waals surface area contributed by atoms with Crippen LogP contribution < -0.4 is 0 Å². The smallest absolute Gasteiger partial charge is 0.0143 e. The molecule has 0 aromatic heterocycles. The molecule has 0 aliphatic carbocycles. The molecule has 2 aromatic carbocycles. The zero-order chi connectivity index (χ0) is 12.1. The predicted molar refractivity (Wildman–Crippen MR) is 79.9 cm³/mol. The van der Waals surface area contributed by atoms with Gasteiger partial charge in [-0.05, 0) is 42.0 Å². The second kappa shape index (κ2) is 6.20. The number of halogens is 1. The van der Waals surface area contributed by atoms with Crippen molar-refractivity contribution in [2.75, 3.05) is 0 Å². The van der Waals surface area contributed by atoms with Gasteiger partial charge in [-0.2, -0.15) is 0 Å².